The zero-order valence-electron chi connectivity index (χ0n) is 11.7. The summed E-state index contributed by atoms with van der Waals surface area (Å²) in [5.41, 5.74) is 0.869. The lowest BCUT2D eigenvalue weighted by molar-refractivity contribution is 0.0732. The Morgan fingerprint density at radius 2 is 2.09 bits per heavy atom. The first-order valence-electron chi connectivity index (χ1n) is 6.97. The van der Waals surface area contributed by atoms with Gasteiger partial charge in [0.2, 0.25) is 0 Å². The Hall–Kier alpha value is -2.14. The normalized spacial score (nSPS) is 17.7. The monoisotopic (exact) mass is 320 g/mol. The van der Waals surface area contributed by atoms with Crippen molar-refractivity contribution in [2.75, 3.05) is 6.54 Å². The quantitative estimate of drug-likeness (QED) is 0.920. The lowest BCUT2D eigenvalue weighted by atomic mass is 10.1. The molecule has 2 heterocycles. The summed E-state index contributed by atoms with van der Waals surface area (Å²) < 4.78 is 13.5. The van der Waals surface area contributed by atoms with Gasteiger partial charge >= 0.3 is 0 Å². The molecule has 0 radical (unpaired) electrons. The number of halogens is 2. The van der Waals surface area contributed by atoms with Gasteiger partial charge in [-0.15, -0.1) is 0 Å². The summed E-state index contributed by atoms with van der Waals surface area (Å²) in [4.78, 5) is 18.3. The van der Waals surface area contributed by atoms with Gasteiger partial charge in [0.1, 0.15) is 11.6 Å². The summed E-state index contributed by atoms with van der Waals surface area (Å²) >= 11 is 5.75. The molecule has 114 valence electrons. The first-order valence-corrected chi connectivity index (χ1v) is 7.34. The molecule has 1 saturated heterocycles. The van der Waals surface area contributed by atoms with Gasteiger partial charge in [-0.3, -0.25) is 9.78 Å². The Bertz CT molecular complexity index is 709. The number of amides is 1. The molecule has 1 aromatic heterocycles. The first kappa shape index (κ1) is 14.8. The van der Waals surface area contributed by atoms with Crippen LogP contribution in [0.25, 0.3) is 0 Å². The van der Waals surface area contributed by atoms with E-state index in [4.69, 9.17) is 11.6 Å². The molecule has 1 N–H and O–H groups in total. The van der Waals surface area contributed by atoms with Crippen LogP contribution in [0.1, 0.15) is 34.8 Å². The molecule has 0 aliphatic carbocycles. The molecule has 1 amide bonds. The second kappa shape index (κ2) is 5.93. The van der Waals surface area contributed by atoms with Crippen LogP contribution in [-0.4, -0.2) is 27.4 Å². The van der Waals surface area contributed by atoms with E-state index in [-0.39, 0.29) is 22.4 Å². The highest BCUT2D eigenvalue weighted by atomic mass is 35.5. The minimum atomic E-state index is -0.647. The van der Waals surface area contributed by atoms with Crippen molar-refractivity contribution in [2.24, 2.45) is 0 Å². The number of aromatic nitrogens is 1. The fourth-order valence-corrected chi connectivity index (χ4v) is 3.03. The van der Waals surface area contributed by atoms with Gasteiger partial charge in [-0.2, -0.15) is 0 Å². The van der Waals surface area contributed by atoms with Crippen molar-refractivity contribution in [3.05, 3.63) is 58.6 Å². The number of carbonyl (C=O) groups excluding carboxylic acids is 1. The summed E-state index contributed by atoms with van der Waals surface area (Å²) in [5, 5.41) is 9.79. The molecule has 0 spiro atoms. The molecule has 2 aromatic rings. The molecule has 1 aromatic carbocycles. The predicted octanol–water partition coefficient (Wildman–Crippen LogP) is 3.56. The fourth-order valence-electron chi connectivity index (χ4n) is 2.83. The number of benzene rings is 1. The van der Waals surface area contributed by atoms with Gasteiger partial charge in [0, 0.05) is 18.9 Å². The van der Waals surface area contributed by atoms with Gasteiger partial charge in [0.05, 0.1) is 16.6 Å². The van der Waals surface area contributed by atoms with Crippen LogP contribution in [0.5, 0.6) is 5.75 Å². The summed E-state index contributed by atoms with van der Waals surface area (Å²) in [5.74, 6) is -1.45. The first-order chi connectivity index (χ1) is 10.6. The number of pyridine rings is 1. The molecular formula is C16H14ClFN2O2. The molecule has 1 atom stereocenters. The second-order valence-electron chi connectivity index (χ2n) is 5.22. The van der Waals surface area contributed by atoms with E-state index in [0.717, 1.165) is 30.5 Å². The van der Waals surface area contributed by atoms with Crippen molar-refractivity contribution in [1.29, 1.82) is 0 Å². The Morgan fingerprint density at radius 1 is 1.36 bits per heavy atom. The molecule has 6 heteroatoms. The molecule has 0 saturated carbocycles. The van der Waals surface area contributed by atoms with E-state index in [9.17, 15) is 14.3 Å². The van der Waals surface area contributed by atoms with Gasteiger partial charge in [0.25, 0.3) is 5.91 Å². The Balaban J connectivity index is 1.95. The smallest absolute Gasteiger partial charge is 0.258 e. The van der Waals surface area contributed by atoms with E-state index < -0.39 is 11.7 Å². The highest BCUT2D eigenvalue weighted by molar-refractivity contribution is 6.32. The average Bonchev–Trinajstić information content (AvgIpc) is 3.00. The Labute approximate surface area is 132 Å². The summed E-state index contributed by atoms with van der Waals surface area (Å²) in [7, 11) is 0. The fraction of sp³-hybridized carbons (Fsp3) is 0.250. The lowest BCUT2D eigenvalue weighted by Crippen LogP contribution is -2.30. The number of phenolic OH excluding ortho intramolecular Hbond substituents is 1. The molecule has 1 aliphatic rings. The third kappa shape index (κ3) is 2.64. The Morgan fingerprint density at radius 3 is 2.82 bits per heavy atom. The van der Waals surface area contributed by atoms with Gasteiger partial charge in [0.15, 0.2) is 0 Å². The van der Waals surface area contributed by atoms with Crippen molar-refractivity contribution in [3.63, 3.8) is 0 Å². The molecule has 1 fully saturated rings. The number of nitrogens with zero attached hydrogens (tertiary/aromatic N) is 2. The molecule has 1 aliphatic heterocycles. The largest absolute Gasteiger partial charge is 0.506 e. The van der Waals surface area contributed by atoms with E-state index in [1.54, 1.807) is 17.3 Å². The number of aromatic hydroxyl groups is 1. The van der Waals surface area contributed by atoms with Gasteiger partial charge in [-0.1, -0.05) is 11.6 Å². The Kier molecular flexibility index (Phi) is 3.98. The molecule has 22 heavy (non-hydrogen) atoms. The van der Waals surface area contributed by atoms with Crippen molar-refractivity contribution < 1.29 is 14.3 Å². The number of hydrogen-bond donors (Lipinski definition) is 1. The number of likely N-dealkylation sites (tertiary alicyclic amines) is 1. The van der Waals surface area contributed by atoms with Gasteiger partial charge in [-0.25, -0.2) is 4.39 Å². The average molecular weight is 321 g/mol. The third-order valence-corrected chi connectivity index (χ3v) is 4.15. The lowest BCUT2D eigenvalue weighted by Gasteiger charge is -2.25. The minimum absolute atomic E-state index is 0.100. The zero-order valence-corrected chi connectivity index (χ0v) is 12.4. The third-order valence-electron chi connectivity index (χ3n) is 3.86. The zero-order chi connectivity index (χ0) is 15.7. The topological polar surface area (TPSA) is 53.4 Å². The van der Waals surface area contributed by atoms with Crippen molar-refractivity contribution in [1.82, 2.24) is 9.88 Å². The number of carbonyl (C=O) groups is 1. The van der Waals surface area contributed by atoms with E-state index in [0.29, 0.717) is 6.54 Å². The number of rotatable bonds is 2. The van der Waals surface area contributed by atoms with E-state index >= 15 is 0 Å². The van der Waals surface area contributed by atoms with Crippen molar-refractivity contribution in [3.8, 4) is 5.75 Å². The molecule has 0 bridgehead atoms. The van der Waals surface area contributed by atoms with Gasteiger partial charge < -0.3 is 10.0 Å². The van der Waals surface area contributed by atoms with Crippen molar-refractivity contribution >= 4 is 17.5 Å². The minimum Gasteiger partial charge on any atom is -0.506 e. The number of hydrogen-bond acceptors (Lipinski definition) is 3. The maximum atomic E-state index is 13.5. The summed E-state index contributed by atoms with van der Waals surface area (Å²) in [6.07, 6.45) is 5.02. The standard InChI is InChI=1S/C16H14ClFN2O2/c17-13-9-11(18)8-12(15(13)21)16(22)20-7-1-2-14(20)10-3-5-19-6-4-10/h3-6,8-9,14,21H,1-2,7H2/t14-/m1/s1. The summed E-state index contributed by atoms with van der Waals surface area (Å²) in [6.45, 7) is 0.555. The maximum absolute atomic E-state index is 13.5. The van der Waals surface area contributed by atoms with Crippen LogP contribution in [0.15, 0.2) is 36.7 Å². The van der Waals surface area contributed by atoms with E-state index in [2.05, 4.69) is 4.98 Å². The van der Waals surface area contributed by atoms with Crippen LogP contribution in [0.4, 0.5) is 4.39 Å². The van der Waals surface area contributed by atoms with Crippen LogP contribution >= 0.6 is 11.6 Å². The van der Waals surface area contributed by atoms with E-state index in [1.165, 1.54) is 0 Å². The molecular weight excluding hydrogens is 307 g/mol. The highest BCUT2D eigenvalue weighted by Gasteiger charge is 2.32. The van der Waals surface area contributed by atoms with Crippen LogP contribution in [0.3, 0.4) is 0 Å². The number of phenols is 1. The SMILES string of the molecule is O=C(c1cc(F)cc(Cl)c1O)N1CCC[C@@H]1c1ccncc1. The van der Waals surface area contributed by atoms with Crippen LogP contribution < -0.4 is 0 Å². The molecule has 4 nitrogen and oxygen atoms in total. The van der Waals surface area contributed by atoms with Crippen LogP contribution in [-0.2, 0) is 0 Å². The molecule has 3 rings (SSSR count). The van der Waals surface area contributed by atoms with Crippen LogP contribution in [0.2, 0.25) is 5.02 Å². The van der Waals surface area contributed by atoms with Crippen LogP contribution in [0, 0.1) is 5.82 Å². The maximum Gasteiger partial charge on any atom is 0.258 e. The second-order valence-corrected chi connectivity index (χ2v) is 5.63. The van der Waals surface area contributed by atoms with Crippen molar-refractivity contribution in [2.45, 2.75) is 18.9 Å². The van der Waals surface area contributed by atoms with Gasteiger partial charge in [-0.05, 0) is 42.7 Å². The van der Waals surface area contributed by atoms with E-state index in [1.807, 2.05) is 12.1 Å². The summed E-state index contributed by atoms with van der Waals surface area (Å²) in [6, 6.07) is 5.62. The molecule has 0 unspecified atom stereocenters. The predicted molar refractivity (Wildman–Crippen MR) is 80.3 cm³/mol. The highest BCUT2D eigenvalue weighted by Crippen LogP contribution is 2.36.